The molecule has 276 valence electrons. The number of aliphatic hydroxyl groups excluding tert-OH is 3. The quantitative estimate of drug-likeness (QED) is 0.148. The van der Waals surface area contributed by atoms with Crippen molar-refractivity contribution in [2.75, 3.05) is 19.8 Å². The van der Waals surface area contributed by atoms with Crippen LogP contribution < -0.4 is 0 Å². The lowest BCUT2D eigenvalue weighted by molar-refractivity contribution is -0.135. The summed E-state index contributed by atoms with van der Waals surface area (Å²) in [6, 6.07) is 24.6. The maximum atomic E-state index is 14.0. The van der Waals surface area contributed by atoms with Crippen molar-refractivity contribution >= 4 is 0 Å². The number of aliphatic hydroxyl groups is 4. The Balaban J connectivity index is 2.34. The summed E-state index contributed by atoms with van der Waals surface area (Å²) in [6.45, 7) is 28.8. The molecule has 4 N–H and O–H groups in total. The summed E-state index contributed by atoms with van der Waals surface area (Å²) in [5, 5.41) is 47.8. The fraction of sp³-hybridized carbons (Fsp3) is 0.489. The van der Waals surface area contributed by atoms with Crippen molar-refractivity contribution in [2.45, 2.75) is 124 Å². The van der Waals surface area contributed by atoms with E-state index in [0.717, 1.165) is 55.6 Å². The molecule has 4 nitrogen and oxygen atoms in total. The molecule has 0 heterocycles. The molecule has 0 aromatic heterocycles. The monoisotopic (exact) mass is 692 g/mol. The number of benzene rings is 4. The fourth-order valence-electron chi connectivity index (χ4n) is 7.76. The second kappa shape index (κ2) is 13.9. The van der Waals surface area contributed by atoms with Gasteiger partial charge in [0.25, 0.3) is 0 Å². The molecule has 0 amide bonds. The van der Waals surface area contributed by atoms with Gasteiger partial charge in [-0.25, -0.2) is 0 Å². The highest BCUT2D eigenvalue weighted by atomic mass is 16.3. The van der Waals surface area contributed by atoms with Crippen LogP contribution in [0.5, 0.6) is 0 Å². The van der Waals surface area contributed by atoms with Crippen molar-refractivity contribution < 1.29 is 20.4 Å². The summed E-state index contributed by atoms with van der Waals surface area (Å²) < 4.78 is 0. The van der Waals surface area contributed by atoms with Gasteiger partial charge in [-0.3, -0.25) is 0 Å². The maximum absolute atomic E-state index is 14.0. The standard InChI is InChI=1S/C47H64O4/c1-30-23-36(42(3,4)5)40(37(24-30)43(6,7)8)32-19-15-17-21-34(32)47(51,46(27-48,28-49)29-50)35-22-18-16-20-33(35)41-38(44(9,10)11)25-31(2)26-39(41)45(12,13)14/h15-26,48-51H,27-29H2,1-14H3. The van der Waals surface area contributed by atoms with E-state index >= 15 is 0 Å². The first kappa shape index (κ1) is 40.5. The average Bonchev–Trinajstić information content (AvgIpc) is 3.03. The highest BCUT2D eigenvalue weighted by Crippen LogP contribution is 2.54. The van der Waals surface area contributed by atoms with E-state index in [9.17, 15) is 20.4 Å². The van der Waals surface area contributed by atoms with Gasteiger partial charge in [0, 0.05) is 0 Å². The molecule has 4 rings (SSSR count). The average molecular weight is 693 g/mol. The molecule has 4 heteroatoms. The van der Waals surface area contributed by atoms with Crippen molar-refractivity contribution in [3.63, 3.8) is 0 Å². The van der Waals surface area contributed by atoms with Crippen molar-refractivity contribution in [1.29, 1.82) is 0 Å². The van der Waals surface area contributed by atoms with Crippen molar-refractivity contribution in [2.24, 2.45) is 5.41 Å². The van der Waals surface area contributed by atoms with Gasteiger partial charge in [-0.15, -0.1) is 0 Å². The lowest BCUT2D eigenvalue weighted by Gasteiger charge is -2.47. The molecule has 0 saturated carbocycles. The summed E-state index contributed by atoms with van der Waals surface area (Å²) >= 11 is 0. The van der Waals surface area contributed by atoms with Gasteiger partial charge < -0.3 is 20.4 Å². The number of rotatable bonds is 8. The molecule has 0 unspecified atom stereocenters. The predicted molar refractivity (Wildman–Crippen MR) is 215 cm³/mol. The Kier molecular flexibility index (Phi) is 11.1. The van der Waals surface area contributed by atoms with Gasteiger partial charge in [0.1, 0.15) is 5.60 Å². The Bertz CT molecular complexity index is 1660. The third-order valence-electron chi connectivity index (χ3n) is 10.6. The number of aryl methyl sites for hydroxylation is 2. The summed E-state index contributed by atoms with van der Waals surface area (Å²) in [7, 11) is 0. The Hall–Kier alpha value is -3.28. The smallest absolute Gasteiger partial charge is 0.128 e. The van der Waals surface area contributed by atoms with Gasteiger partial charge >= 0.3 is 0 Å². The molecule has 51 heavy (non-hydrogen) atoms. The SMILES string of the molecule is Cc1cc(C(C)(C)C)c(-c2ccccc2C(O)(c2ccccc2-c2c(C(C)(C)C)cc(C)cc2C(C)(C)C)C(CO)(CO)CO)c(C(C)(C)C)c1. The first-order valence-electron chi connectivity index (χ1n) is 18.4. The third kappa shape index (κ3) is 7.35. The zero-order valence-corrected chi connectivity index (χ0v) is 33.8. The van der Waals surface area contributed by atoms with E-state index < -0.39 is 30.8 Å². The van der Waals surface area contributed by atoms with Gasteiger partial charge in [0.2, 0.25) is 0 Å². The van der Waals surface area contributed by atoms with E-state index in [2.05, 4.69) is 121 Å². The van der Waals surface area contributed by atoms with Crippen LogP contribution in [0.15, 0.2) is 72.8 Å². The van der Waals surface area contributed by atoms with Crippen molar-refractivity contribution in [1.82, 2.24) is 0 Å². The topological polar surface area (TPSA) is 80.9 Å². The normalized spacial score (nSPS) is 13.5. The Labute approximate surface area is 308 Å². The molecule has 4 aromatic carbocycles. The zero-order chi connectivity index (χ0) is 38.5. The Morgan fingerprint density at radius 3 is 0.902 bits per heavy atom. The highest BCUT2D eigenvalue weighted by molar-refractivity contribution is 5.82. The van der Waals surface area contributed by atoms with E-state index in [1.807, 2.05) is 48.5 Å². The van der Waals surface area contributed by atoms with E-state index in [1.54, 1.807) is 0 Å². The molecule has 0 aliphatic rings. The van der Waals surface area contributed by atoms with Gasteiger partial charge in [-0.1, -0.05) is 167 Å². The largest absolute Gasteiger partial charge is 0.395 e. The van der Waals surface area contributed by atoms with E-state index in [4.69, 9.17) is 0 Å². The minimum atomic E-state index is -2.05. The first-order chi connectivity index (χ1) is 23.4. The van der Waals surface area contributed by atoms with Crippen molar-refractivity contribution in [3.8, 4) is 22.3 Å². The van der Waals surface area contributed by atoms with E-state index in [0.29, 0.717) is 11.1 Å². The van der Waals surface area contributed by atoms with Gasteiger partial charge in [0.05, 0.1) is 25.2 Å². The minimum Gasteiger partial charge on any atom is -0.395 e. The molecule has 0 fully saturated rings. The minimum absolute atomic E-state index is 0.252. The van der Waals surface area contributed by atoms with Crippen LogP contribution in [0.3, 0.4) is 0 Å². The van der Waals surface area contributed by atoms with Crippen LogP contribution in [0.2, 0.25) is 0 Å². The number of hydrogen-bond acceptors (Lipinski definition) is 4. The summed E-state index contributed by atoms with van der Waals surface area (Å²) in [4.78, 5) is 0. The summed E-state index contributed by atoms with van der Waals surface area (Å²) in [5.41, 5.74) is 6.76. The molecule has 0 atom stereocenters. The van der Waals surface area contributed by atoms with Crippen LogP contribution in [0.4, 0.5) is 0 Å². The van der Waals surface area contributed by atoms with Gasteiger partial charge in [0.15, 0.2) is 0 Å². The third-order valence-corrected chi connectivity index (χ3v) is 10.6. The molecule has 4 aromatic rings. The van der Waals surface area contributed by atoms with Crippen LogP contribution in [0, 0.1) is 19.3 Å². The fourth-order valence-corrected chi connectivity index (χ4v) is 7.76. The molecular formula is C47H64O4. The molecule has 0 saturated heterocycles. The first-order valence-corrected chi connectivity index (χ1v) is 18.4. The lowest BCUT2D eigenvalue weighted by atomic mass is 9.61. The second-order valence-electron chi connectivity index (χ2n) is 19.0. The second-order valence-corrected chi connectivity index (χ2v) is 19.0. The van der Waals surface area contributed by atoms with Gasteiger partial charge in [-0.05, 0) is 91.1 Å². The van der Waals surface area contributed by atoms with Crippen LogP contribution in [0.25, 0.3) is 22.3 Å². The van der Waals surface area contributed by atoms with Crippen molar-refractivity contribution in [3.05, 3.63) is 117 Å². The predicted octanol–water partition coefficient (Wildman–Crippen LogP) is 10.0. The Morgan fingerprint density at radius 1 is 0.412 bits per heavy atom. The van der Waals surface area contributed by atoms with Crippen LogP contribution >= 0.6 is 0 Å². The Morgan fingerprint density at radius 2 is 0.667 bits per heavy atom. The molecule has 0 aliphatic carbocycles. The highest BCUT2D eigenvalue weighted by Gasteiger charge is 2.54. The molecule has 0 radical (unpaired) electrons. The van der Waals surface area contributed by atoms with Crippen LogP contribution in [-0.2, 0) is 27.3 Å². The molecule has 0 spiro atoms. The summed E-state index contributed by atoms with van der Waals surface area (Å²) in [5.74, 6) is 0. The lowest BCUT2D eigenvalue weighted by Crippen LogP contribution is -2.54. The van der Waals surface area contributed by atoms with Crippen LogP contribution in [-0.4, -0.2) is 40.2 Å². The number of hydrogen-bond donors (Lipinski definition) is 4. The van der Waals surface area contributed by atoms with Gasteiger partial charge in [-0.2, -0.15) is 0 Å². The zero-order valence-electron chi connectivity index (χ0n) is 33.8. The summed E-state index contributed by atoms with van der Waals surface area (Å²) in [6.07, 6.45) is 0. The van der Waals surface area contributed by atoms with E-state index in [-0.39, 0.29) is 21.7 Å². The molecule has 0 aliphatic heterocycles. The molecular weight excluding hydrogens is 629 g/mol. The maximum Gasteiger partial charge on any atom is 0.128 e. The van der Waals surface area contributed by atoms with E-state index in [1.165, 1.54) is 0 Å². The van der Waals surface area contributed by atoms with Crippen LogP contribution in [0.1, 0.15) is 128 Å². The molecule has 0 bridgehead atoms.